The third-order valence-electron chi connectivity index (χ3n) is 4.55. The van der Waals surface area contributed by atoms with Crippen molar-refractivity contribution in [2.75, 3.05) is 26.2 Å². The minimum absolute atomic E-state index is 0. The van der Waals surface area contributed by atoms with E-state index < -0.39 is 17.5 Å². The van der Waals surface area contributed by atoms with Crippen molar-refractivity contribution in [1.29, 1.82) is 0 Å². The first-order valence-corrected chi connectivity index (χ1v) is 7.05. The molecule has 3 nitrogen and oxygen atoms in total. The second kappa shape index (κ2) is 6.28. The van der Waals surface area contributed by atoms with Gasteiger partial charge in [-0.15, -0.1) is 12.4 Å². The molecule has 3 rings (SSSR count). The SMILES string of the molecule is Cl.O=C(c1cc(F)ccc1F)N1CCC2(CCNCC2)C1. The summed E-state index contributed by atoms with van der Waals surface area (Å²) in [5, 5.41) is 3.32. The Morgan fingerprint density at radius 2 is 1.90 bits per heavy atom. The number of rotatable bonds is 1. The predicted octanol–water partition coefficient (Wildman–Crippen LogP) is 2.60. The maximum Gasteiger partial charge on any atom is 0.256 e. The number of benzene rings is 1. The van der Waals surface area contributed by atoms with Crippen LogP contribution in [-0.4, -0.2) is 37.0 Å². The fourth-order valence-electron chi connectivity index (χ4n) is 3.31. The molecule has 1 spiro atoms. The number of nitrogens with zero attached hydrogens (tertiary/aromatic N) is 1. The molecule has 0 bridgehead atoms. The third-order valence-corrected chi connectivity index (χ3v) is 4.55. The first kappa shape index (κ1) is 16.2. The molecule has 1 N–H and O–H groups in total. The van der Waals surface area contributed by atoms with Gasteiger partial charge >= 0.3 is 0 Å². The van der Waals surface area contributed by atoms with E-state index in [0.29, 0.717) is 13.1 Å². The fraction of sp³-hybridized carbons (Fsp3) is 0.533. The minimum Gasteiger partial charge on any atom is -0.338 e. The zero-order valence-corrected chi connectivity index (χ0v) is 12.5. The van der Waals surface area contributed by atoms with Crippen molar-refractivity contribution in [3.63, 3.8) is 0 Å². The Bertz CT molecular complexity index is 532. The van der Waals surface area contributed by atoms with E-state index in [0.717, 1.165) is 50.6 Å². The van der Waals surface area contributed by atoms with E-state index in [1.165, 1.54) is 0 Å². The number of likely N-dealkylation sites (tertiary alicyclic amines) is 1. The number of piperidine rings is 1. The van der Waals surface area contributed by atoms with Gasteiger partial charge in [-0.25, -0.2) is 8.78 Å². The van der Waals surface area contributed by atoms with E-state index in [-0.39, 0.29) is 23.4 Å². The van der Waals surface area contributed by atoms with Gasteiger partial charge in [0.2, 0.25) is 0 Å². The van der Waals surface area contributed by atoms with E-state index in [9.17, 15) is 13.6 Å². The molecule has 0 atom stereocenters. The van der Waals surface area contributed by atoms with Gasteiger partial charge in [-0.2, -0.15) is 0 Å². The molecule has 1 amide bonds. The van der Waals surface area contributed by atoms with Gasteiger partial charge in [-0.3, -0.25) is 4.79 Å². The maximum atomic E-state index is 13.7. The van der Waals surface area contributed by atoms with E-state index >= 15 is 0 Å². The summed E-state index contributed by atoms with van der Waals surface area (Å²) < 4.78 is 26.9. The van der Waals surface area contributed by atoms with Crippen molar-refractivity contribution in [2.24, 2.45) is 5.41 Å². The smallest absolute Gasteiger partial charge is 0.256 e. The number of nitrogens with one attached hydrogen (secondary N) is 1. The number of hydrogen-bond acceptors (Lipinski definition) is 2. The number of carbonyl (C=O) groups excluding carboxylic acids is 1. The van der Waals surface area contributed by atoms with Crippen molar-refractivity contribution in [3.8, 4) is 0 Å². The third kappa shape index (κ3) is 3.19. The lowest BCUT2D eigenvalue weighted by Crippen LogP contribution is -2.39. The lowest BCUT2D eigenvalue weighted by atomic mass is 9.78. The molecule has 0 aromatic heterocycles. The largest absolute Gasteiger partial charge is 0.338 e. The molecule has 2 heterocycles. The molecule has 116 valence electrons. The molecule has 6 heteroatoms. The Kier molecular flexibility index (Phi) is 4.84. The first-order chi connectivity index (χ1) is 9.60. The summed E-state index contributed by atoms with van der Waals surface area (Å²) in [6, 6.07) is 3.04. The molecule has 1 aromatic rings. The standard InChI is InChI=1S/C15H18F2N2O.ClH/c16-11-1-2-13(17)12(9-11)14(20)19-8-5-15(10-19)3-6-18-7-4-15;/h1-2,9,18H,3-8,10H2;1H. The predicted molar refractivity (Wildman–Crippen MR) is 78.7 cm³/mol. The van der Waals surface area contributed by atoms with Crippen LogP contribution in [0.5, 0.6) is 0 Å². The van der Waals surface area contributed by atoms with Crippen LogP contribution in [-0.2, 0) is 0 Å². The molecular formula is C15H19ClF2N2O. The van der Waals surface area contributed by atoms with Crippen molar-refractivity contribution >= 4 is 18.3 Å². The maximum absolute atomic E-state index is 13.7. The first-order valence-electron chi connectivity index (χ1n) is 7.05. The van der Waals surface area contributed by atoms with E-state index in [4.69, 9.17) is 0 Å². The number of carbonyl (C=O) groups is 1. The molecule has 0 aliphatic carbocycles. The van der Waals surface area contributed by atoms with Crippen LogP contribution in [0.4, 0.5) is 8.78 Å². The second-order valence-corrected chi connectivity index (χ2v) is 5.85. The number of hydrogen-bond donors (Lipinski definition) is 1. The van der Waals surface area contributed by atoms with Gasteiger partial charge in [0.05, 0.1) is 5.56 Å². The highest BCUT2D eigenvalue weighted by Crippen LogP contribution is 2.39. The summed E-state index contributed by atoms with van der Waals surface area (Å²) in [5.41, 5.74) is 0.0148. The van der Waals surface area contributed by atoms with E-state index in [1.807, 2.05) is 0 Å². The summed E-state index contributed by atoms with van der Waals surface area (Å²) in [7, 11) is 0. The van der Waals surface area contributed by atoms with Crippen molar-refractivity contribution in [1.82, 2.24) is 10.2 Å². The second-order valence-electron chi connectivity index (χ2n) is 5.85. The monoisotopic (exact) mass is 316 g/mol. The van der Waals surface area contributed by atoms with Crippen LogP contribution in [0.15, 0.2) is 18.2 Å². The molecule has 2 saturated heterocycles. The van der Waals surface area contributed by atoms with Crippen molar-refractivity contribution < 1.29 is 13.6 Å². The Labute approximate surface area is 129 Å². The summed E-state index contributed by atoms with van der Waals surface area (Å²) in [6.45, 7) is 3.23. The van der Waals surface area contributed by atoms with Crippen LogP contribution in [0.3, 0.4) is 0 Å². The van der Waals surface area contributed by atoms with Crippen LogP contribution < -0.4 is 5.32 Å². The topological polar surface area (TPSA) is 32.3 Å². The lowest BCUT2D eigenvalue weighted by molar-refractivity contribution is 0.0756. The van der Waals surface area contributed by atoms with E-state index in [1.54, 1.807) is 4.90 Å². The van der Waals surface area contributed by atoms with Gasteiger partial charge in [0.1, 0.15) is 11.6 Å². The van der Waals surface area contributed by atoms with Crippen LogP contribution in [0.1, 0.15) is 29.6 Å². The van der Waals surface area contributed by atoms with Crippen molar-refractivity contribution in [3.05, 3.63) is 35.4 Å². The highest BCUT2D eigenvalue weighted by Gasteiger charge is 2.41. The van der Waals surface area contributed by atoms with Crippen LogP contribution in [0.2, 0.25) is 0 Å². The van der Waals surface area contributed by atoms with Gasteiger partial charge in [0.15, 0.2) is 0 Å². The molecular weight excluding hydrogens is 298 g/mol. The summed E-state index contributed by atoms with van der Waals surface area (Å²) in [5.74, 6) is -1.62. The molecule has 2 fully saturated rings. The Morgan fingerprint density at radius 1 is 1.19 bits per heavy atom. The molecule has 0 saturated carbocycles. The molecule has 21 heavy (non-hydrogen) atoms. The van der Waals surface area contributed by atoms with Crippen LogP contribution in [0.25, 0.3) is 0 Å². The normalized spacial score (nSPS) is 20.4. The average molecular weight is 317 g/mol. The zero-order valence-electron chi connectivity index (χ0n) is 11.7. The van der Waals surface area contributed by atoms with Crippen LogP contribution in [0, 0.1) is 17.0 Å². The van der Waals surface area contributed by atoms with E-state index in [2.05, 4.69) is 5.32 Å². The average Bonchev–Trinajstić information content (AvgIpc) is 2.85. The van der Waals surface area contributed by atoms with Crippen LogP contribution >= 0.6 is 12.4 Å². The Hall–Kier alpha value is -1.20. The van der Waals surface area contributed by atoms with Gasteiger partial charge < -0.3 is 10.2 Å². The molecule has 2 aliphatic heterocycles. The quantitative estimate of drug-likeness (QED) is 0.864. The minimum atomic E-state index is -0.650. The zero-order chi connectivity index (χ0) is 14.2. The summed E-state index contributed by atoms with van der Waals surface area (Å²) in [4.78, 5) is 14.0. The molecule has 0 unspecified atom stereocenters. The van der Waals surface area contributed by atoms with Crippen molar-refractivity contribution in [2.45, 2.75) is 19.3 Å². The Morgan fingerprint density at radius 3 is 2.62 bits per heavy atom. The highest BCUT2D eigenvalue weighted by atomic mass is 35.5. The number of amides is 1. The van der Waals surface area contributed by atoms with Gasteiger partial charge in [0.25, 0.3) is 5.91 Å². The van der Waals surface area contributed by atoms with Gasteiger partial charge in [0, 0.05) is 13.1 Å². The lowest BCUT2D eigenvalue weighted by Gasteiger charge is -2.33. The molecule has 1 aromatic carbocycles. The molecule has 2 aliphatic rings. The Balaban J connectivity index is 0.00000161. The van der Waals surface area contributed by atoms with Gasteiger partial charge in [-0.1, -0.05) is 0 Å². The highest BCUT2D eigenvalue weighted by molar-refractivity contribution is 5.94. The number of halogens is 3. The van der Waals surface area contributed by atoms with Gasteiger partial charge in [-0.05, 0) is 56.0 Å². The fourth-order valence-corrected chi connectivity index (χ4v) is 3.31. The molecule has 0 radical (unpaired) electrons. The summed E-state index contributed by atoms with van der Waals surface area (Å²) >= 11 is 0. The summed E-state index contributed by atoms with van der Waals surface area (Å²) in [6.07, 6.45) is 3.04.